The summed E-state index contributed by atoms with van der Waals surface area (Å²) in [5.74, 6) is -2.16. The van der Waals surface area contributed by atoms with Crippen LogP contribution in [0, 0.1) is 10.1 Å². The summed E-state index contributed by atoms with van der Waals surface area (Å²) in [6.07, 6.45) is 1.40. The Labute approximate surface area is 176 Å². The zero-order chi connectivity index (χ0) is 22.5. The molecule has 11 nitrogen and oxygen atoms in total. The van der Waals surface area contributed by atoms with Crippen molar-refractivity contribution >= 4 is 0 Å². The predicted octanol–water partition coefficient (Wildman–Crippen LogP) is -0.137. The van der Waals surface area contributed by atoms with Crippen molar-refractivity contribution in [2.24, 2.45) is 14.1 Å². The van der Waals surface area contributed by atoms with Gasteiger partial charge in [-0.3, -0.25) is 24.0 Å². The van der Waals surface area contributed by atoms with Gasteiger partial charge in [0.2, 0.25) is 5.88 Å². The van der Waals surface area contributed by atoms with Gasteiger partial charge in [-0.25, -0.2) is 4.79 Å². The molecule has 0 aliphatic carbocycles. The number of aromatic hydroxyl groups is 1. The molecule has 0 spiro atoms. The Bertz CT molecular complexity index is 1200. The summed E-state index contributed by atoms with van der Waals surface area (Å²) in [6.45, 7) is 0.756. The van der Waals surface area contributed by atoms with E-state index in [2.05, 4.69) is 5.32 Å². The predicted molar refractivity (Wildman–Crippen MR) is 110 cm³/mol. The highest BCUT2D eigenvalue weighted by atomic mass is 16.6. The Kier molecular flexibility index (Phi) is 4.85. The Morgan fingerprint density at radius 1 is 1.16 bits per heavy atom. The highest BCUT2D eigenvalue weighted by Crippen LogP contribution is 2.52. The average molecular weight is 429 g/mol. The minimum atomic E-state index is -2.03. The van der Waals surface area contributed by atoms with Crippen molar-refractivity contribution in [1.29, 1.82) is 0 Å². The summed E-state index contributed by atoms with van der Waals surface area (Å²) in [6, 6.07) is 8.32. The minimum Gasteiger partial charge on any atom is -0.494 e. The average Bonchev–Trinajstić information content (AvgIpc) is 2.90. The van der Waals surface area contributed by atoms with Gasteiger partial charge < -0.3 is 20.4 Å². The number of hydrogen-bond acceptors (Lipinski definition) is 8. The number of hydrogen-bond donors (Lipinski definition) is 3. The maximum Gasteiger partial charge on any atom is 0.333 e. The minimum absolute atomic E-state index is 0.106. The highest BCUT2D eigenvalue weighted by molar-refractivity contribution is 5.45. The summed E-state index contributed by atoms with van der Waals surface area (Å²) in [5, 5.41) is 38.1. The number of fused-ring (bicyclic) bond motifs is 1. The van der Waals surface area contributed by atoms with Gasteiger partial charge in [-0.15, -0.1) is 0 Å². The molecule has 2 aliphatic heterocycles. The van der Waals surface area contributed by atoms with E-state index < -0.39 is 45.0 Å². The third-order valence-electron chi connectivity index (χ3n) is 6.05. The fourth-order valence-corrected chi connectivity index (χ4v) is 4.51. The van der Waals surface area contributed by atoms with Gasteiger partial charge in [-0.05, 0) is 12.8 Å². The monoisotopic (exact) mass is 429 g/mol. The standard InChI is InChI=1S/C20H23N5O6/c1-22-17(26)13(18(27)23(2)19(22)28)14-15(25(30)31)16-21-10-6-7-11-24(16)20(14,29)12-8-4-3-5-9-12/h3-5,8-9,14,21,26,29H,6-7,10-11H2,1-2H3. The number of nitro groups is 1. The van der Waals surface area contributed by atoms with Crippen LogP contribution in [-0.4, -0.2) is 42.3 Å². The van der Waals surface area contributed by atoms with Gasteiger partial charge in [-0.2, -0.15) is 0 Å². The molecule has 0 amide bonds. The first-order valence-electron chi connectivity index (χ1n) is 9.88. The first-order valence-corrected chi connectivity index (χ1v) is 9.88. The molecule has 4 rings (SSSR count). The summed E-state index contributed by atoms with van der Waals surface area (Å²) in [7, 11) is 2.48. The Morgan fingerprint density at radius 3 is 2.48 bits per heavy atom. The van der Waals surface area contributed by atoms with Gasteiger partial charge in [0, 0.05) is 32.7 Å². The zero-order valence-corrected chi connectivity index (χ0v) is 17.1. The van der Waals surface area contributed by atoms with Gasteiger partial charge in [-0.1, -0.05) is 30.3 Å². The van der Waals surface area contributed by atoms with Gasteiger partial charge >= 0.3 is 5.69 Å². The molecule has 1 aromatic heterocycles. The van der Waals surface area contributed by atoms with Crippen LogP contribution in [0.3, 0.4) is 0 Å². The summed E-state index contributed by atoms with van der Waals surface area (Å²) in [4.78, 5) is 38.4. The molecule has 1 saturated heterocycles. The number of nitrogens with one attached hydrogen (secondary N) is 1. The van der Waals surface area contributed by atoms with Crippen LogP contribution in [0.1, 0.15) is 29.9 Å². The van der Waals surface area contributed by atoms with E-state index in [1.165, 1.54) is 19.0 Å². The molecular formula is C20H23N5O6. The molecule has 11 heteroatoms. The topological polar surface area (TPSA) is 143 Å². The third-order valence-corrected chi connectivity index (χ3v) is 6.05. The number of rotatable bonds is 3. The molecule has 3 heterocycles. The molecule has 1 aromatic carbocycles. The summed E-state index contributed by atoms with van der Waals surface area (Å²) >= 11 is 0. The molecule has 1 fully saturated rings. The molecule has 0 radical (unpaired) electrons. The van der Waals surface area contributed by atoms with Crippen LogP contribution in [0.5, 0.6) is 5.88 Å². The van der Waals surface area contributed by atoms with E-state index in [-0.39, 0.29) is 5.82 Å². The van der Waals surface area contributed by atoms with Gasteiger partial charge in [0.1, 0.15) is 5.92 Å². The van der Waals surface area contributed by atoms with E-state index in [0.29, 0.717) is 25.1 Å². The van der Waals surface area contributed by atoms with Crippen molar-refractivity contribution in [3.05, 3.63) is 83.9 Å². The molecule has 164 valence electrons. The second-order valence-electron chi connectivity index (χ2n) is 7.74. The molecule has 31 heavy (non-hydrogen) atoms. The first-order chi connectivity index (χ1) is 14.7. The second-order valence-corrected chi connectivity index (χ2v) is 7.74. The van der Waals surface area contributed by atoms with E-state index in [1.54, 1.807) is 30.3 Å². The van der Waals surface area contributed by atoms with Crippen LogP contribution in [0.2, 0.25) is 0 Å². The number of aromatic nitrogens is 2. The van der Waals surface area contributed by atoms with Crippen LogP contribution < -0.4 is 16.6 Å². The lowest BCUT2D eigenvalue weighted by Crippen LogP contribution is -2.49. The summed E-state index contributed by atoms with van der Waals surface area (Å²) < 4.78 is 1.60. The molecule has 2 unspecified atom stereocenters. The molecular weight excluding hydrogens is 406 g/mol. The van der Waals surface area contributed by atoms with E-state index in [4.69, 9.17) is 0 Å². The van der Waals surface area contributed by atoms with Crippen molar-refractivity contribution < 1.29 is 15.1 Å². The highest BCUT2D eigenvalue weighted by Gasteiger charge is 2.61. The van der Waals surface area contributed by atoms with E-state index in [1.807, 2.05) is 0 Å². The fraction of sp³-hybridized carbons (Fsp3) is 0.400. The smallest absolute Gasteiger partial charge is 0.333 e. The molecule has 2 aliphatic rings. The van der Waals surface area contributed by atoms with Crippen LogP contribution in [0.4, 0.5) is 0 Å². The third kappa shape index (κ3) is 2.84. The lowest BCUT2D eigenvalue weighted by atomic mass is 9.83. The Balaban J connectivity index is 2.12. The van der Waals surface area contributed by atoms with Crippen molar-refractivity contribution in [3.63, 3.8) is 0 Å². The maximum absolute atomic E-state index is 13.1. The molecule has 2 aromatic rings. The maximum atomic E-state index is 13.1. The first kappa shape index (κ1) is 20.7. The SMILES string of the molecule is Cn1c(O)c(C2C([N+](=O)[O-])=C3NCCCCN3C2(O)c2ccccc2)c(=O)n(C)c1=O. The van der Waals surface area contributed by atoms with Gasteiger partial charge in [0.25, 0.3) is 11.3 Å². The van der Waals surface area contributed by atoms with E-state index in [9.17, 15) is 29.9 Å². The normalized spacial score (nSPS) is 23.3. The lowest BCUT2D eigenvalue weighted by Gasteiger charge is -2.39. The van der Waals surface area contributed by atoms with Crippen LogP contribution >= 0.6 is 0 Å². The van der Waals surface area contributed by atoms with Crippen molar-refractivity contribution in [1.82, 2.24) is 19.4 Å². The van der Waals surface area contributed by atoms with E-state index >= 15 is 0 Å². The quantitative estimate of drug-likeness (QED) is 0.452. The van der Waals surface area contributed by atoms with Crippen molar-refractivity contribution in [2.75, 3.05) is 13.1 Å². The van der Waals surface area contributed by atoms with Crippen LogP contribution in [0.25, 0.3) is 0 Å². The zero-order valence-electron chi connectivity index (χ0n) is 17.1. The summed E-state index contributed by atoms with van der Waals surface area (Å²) in [5.41, 5.74) is -4.23. The van der Waals surface area contributed by atoms with Gasteiger partial charge in [0.05, 0.1) is 10.5 Å². The Hall–Kier alpha value is -3.60. The van der Waals surface area contributed by atoms with Gasteiger partial charge in [0.15, 0.2) is 11.5 Å². The van der Waals surface area contributed by atoms with Crippen molar-refractivity contribution in [3.8, 4) is 5.88 Å². The number of aliphatic hydroxyl groups is 1. The lowest BCUT2D eigenvalue weighted by molar-refractivity contribution is -0.432. The van der Waals surface area contributed by atoms with Crippen LogP contribution in [0.15, 0.2) is 51.4 Å². The van der Waals surface area contributed by atoms with Crippen molar-refractivity contribution in [2.45, 2.75) is 24.5 Å². The largest absolute Gasteiger partial charge is 0.494 e. The molecule has 0 bridgehead atoms. The molecule has 2 atom stereocenters. The number of nitrogens with zero attached hydrogens (tertiary/aromatic N) is 4. The molecule has 0 saturated carbocycles. The second kappa shape index (κ2) is 7.27. The fourth-order valence-electron chi connectivity index (χ4n) is 4.51. The number of benzene rings is 1. The molecule has 3 N–H and O–H groups in total. The van der Waals surface area contributed by atoms with E-state index in [0.717, 1.165) is 15.6 Å². The Morgan fingerprint density at radius 2 is 1.84 bits per heavy atom. The van der Waals surface area contributed by atoms with Crippen LogP contribution in [-0.2, 0) is 19.8 Å².